The minimum Gasteiger partial charge on any atom is -0.252 e. The van der Waals surface area contributed by atoms with Crippen LogP contribution in [0.3, 0.4) is 0 Å². The second-order valence-electron chi connectivity index (χ2n) is 15.8. The zero-order valence-electron chi connectivity index (χ0n) is 33.4. The fraction of sp³-hybridized carbons (Fsp3) is 0.0339. The molecule has 0 spiro atoms. The lowest BCUT2D eigenvalue weighted by Crippen LogP contribution is -2.05. The van der Waals surface area contributed by atoms with Crippen molar-refractivity contribution in [3.63, 3.8) is 0 Å². The lowest BCUT2D eigenvalue weighted by molar-refractivity contribution is 1.29. The summed E-state index contributed by atoms with van der Waals surface area (Å²) >= 11 is 0. The van der Waals surface area contributed by atoms with Gasteiger partial charge in [0.25, 0.3) is 0 Å². The highest BCUT2D eigenvalue weighted by Crippen LogP contribution is 2.47. The van der Waals surface area contributed by atoms with Gasteiger partial charge in [0.2, 0.25) is 0 Å². The Morgan fingerprint density at radius 2 is 0.883 bits per heavy atom. The van der Waals surface area contributed by atoms with Crippen molar-refractivity contribution in [2.45, 2.75) is 13.3 Å². The number of rotatable bonds is 7. The molecule has 11 aromatic carbocycles. The van der Waals surface area contributed by atoms with Crippen LogP contribution >= 0.6 is 0 Å². The molecule has 0 N–H and O–H groups in total. The fourth-order valence-electron chi connectivity index (χ4n) is 9.43. The summed E-state index contributed by atoms with van der Waals surface area (Å²) in [6, 6.07) is 79.7. The van der Waals surface area contributed by atoms with Crippen molar-refractivity contribution in [2.24, 2.45) is 4.99 Å². The maximum absolute atomic E-state index is 5.27. The highest BCUT2D eigenvalue weighted by Gasteiger charge is 2.20. The highest BCUT2D eigenvalue weighted by atomic mass is 14.8. The third kappa shape index (κ3) is 6.15. The summed E-state index contributed by atoms with van der Waals surface area (Å²) in [4.78, 5) is 5.27. The third-order valence-electron chi connectivity index (χ3n) is 12.3. The van der Waals surface area contributed by atoms with E-state index in [1.807, 2.05) is 0 Å². The van der Waals surface area contributed by atoms with Crippen LogP contribution in [0.15, 0.2) is 223 Å². The number of aliphatic imine (C=N–C) groups is 1. The van der Waals surface area contributed by atoms with Gasteiger partial charge in [-0.1, -0.05) is 206 Å². The minimum absolute atomic E-state index is 0.750. The van der Waals surface area contributed by atoms with Crippen LogP contribution in [0, 0.1) is 6.92 Å². The van der Waals surface area contributed by atoms with Gasteiger partial charge in [-0.3, -0.25) is 4.99 Å². The molecule has 0 unspecified atom stereocenters. The first kappa shape index (κ1) is 35.5. The molecule has 0 atom stereocenters. The number of hydrogen-bond donors (Lipinski definition) is 0. The Kier molecular flexibility index (Phi) is 8.86. The summed E-state index contributed by atoms with van der Waals surface area (Å²) in [6.45, 7) is 2.13. The average molecular weight is 764 g/mol. The van der Waals surface area contributed by atoms with Crippen molar-refractivity contribution < 1.29 is 0 Å². The van der Waals surface area contributed by atoms with Crippen LogP contribution in [0.25, 0.3) is 87.2 Å². The van der Waals surface area contributed by atoms with Gasteiger partial charge in [0.05, 0.1) is 11.4 Å². The predicted octanol–water partition coefficient (Wildman–Crippen LogP) is 16.1. The summed E-state index contributed by atoms with van der Waals surface area (Å²) in [7, 11) is 0. The van der Waals surface area contributed by atoms with Crippen molar-refractivity contribution in [3.05, 3.63) is 235 Å². The Hall–Kier alpha value is -7.61. The van der Waals surface area contributed by atoms with Crippen LogP contribution in [0.5, 0.6) is 0 Å². The lowest BCUT2D eigenvalue weighted by atomic mass is 9.83. The van der Waals surface area contributed by atoms with E-state index in [2.05, 4.69) is 225 Å². The first-order valence-electron chi connectivity index (χ1n) is 20.8. The smallest absolute Gasteiger partial charge is 0.0662 e. The first-order chi connectivity index (χ1) is 29.7. The van der Waals surface area contributed by atoms with Crippen LogP contribution in [0.2, 0.25) is 0 Å². The van der Waals surface area contributed by atoms with Gasteiger partial charge in [-0.2, -0.15) is 0 Å². The number of nitrogens with zero attached hydrogens (tertiary/aromatic N) is 1. The molecule has 1 heteroatoms. The van der Waals surface area contributed by atoms with E-state index in [1.54, 1.807) is 0 Å². The van der Waals surface area contributed by atoms with Crippen LogP contribution in [0.4, 0.5) is 5.69 Å². The van der Waals surface area contributed by atoms with Crippen LogP contribution in [-0.2, 0) is 6.42 Å². The molecule has 0 bridgehead atoms. The second kappa shape index (κ2) is 15.0. The van der Waals surface area contributed by atoms with Crippen molar-refractivity contribution in [3.8, 4) is 33.4 Å². The van der Waals surface area contributed by atoms with Gasteiger partial charge in [-0.25, -0.2) is 0 Å². The largest absolute Gasteiger partial charge is 0.252 e. The average Bonchev–Trinajstić information content (AvgIpc) is 3.31. The van der Waals surface area contributed by atoms with E-state index < -0.39 is 0 Å². The molecular formula is C59H41N. The molecule has 282 valence electrons. The van der Waals surface area contributed by atoms with E-state index in [9.17, 15) is 0 Å². The second-order valence-corrected chi connectivity index (χ2v) is 15.8. The number of hydrogen-bond acceptors (Lipinski definition) is 1. The van der Waals surface area contributed by atoms with E-state index in [0.29, 0.717) is 0 Å². The van der Waals surface area contributed by atoms with Crippen molar-refractivity contribution >= 4 is 65.3 Å². The molecular weight excluding hydrogens is 723 g/mol. The van der Waals surface area contributed by atoms with Crippen molar-refractivity contribution in [1.82, 2.24) is 0 Å². The van der Waals surface area contributed by atoms with Crippen molar-refractivity contribution in [2.75, 3.05) is 0 Å². The monoisotopic (exact) mass is 763 g/mol. The Bertz CT molecular complexity index is 3380. The van der Waals surface area contributed by atoms with Gasteiger partial charge in [-0.15, -0.1) is 0 Å². The molecule has 0 aromatic heterocycles. The summed E-state index contributed by atoms with van der Waals surface area (Å²) in [5.74, 6) is 0. The SMILES string of the molecule is Cc1ccccc1/N=C(\Cc1ccccc1)c1ccc(-c2c3ccccc3cc3c2ccc2c(-c4c5ccccc5c(-c5ccccc5)c5ccccc45)cccc23)cc1. The van der Waals surface area contributed by atoms with E-state index >= 15 is 0 Å². The number of aryl methyl sites for hydroxylation is 1. The first-order valence-corrected chi connectivity index (χ1v) is 20.8. The van der Waals surface area contributed by atoms with Gasteiger partial charge in [0, 0.05) is 6.42 Å². The zero-order valence-corrected chi connectivity index (χ0v) is 33.4. The Labute approximate surface area is 350 Å². The fourth-order valence-corrected chi connectivity index (χ4v) is 9.43. The molecule has 0 amide bonds. The predicted molar refractivity (Wildman–Crippen MR) is 258 cm³/mol. The maximum Gasteiger partial charge on any atom is 0.0662 e. The molecule has 0 saturated carbocycles. The van der Waals surface area contributed by atoms with Gasteiger partial charge in [0.1, 0.15) is 0 Å². The van der Waals surface area contributed by atoms with Crippen molar-refractivity contribution in [1.29, 1.82) is 0 Å². The molecule has 11 aromatic rings. The van der Waals surface area contributed by atoms with E-state index in [4.69, 9.17) is 4.99 Å². The number of fused-ring (bicyclic) bond motifs is 6. The Morgan fingerprint density at radius 1 is 0.367 bits per heavy atom. The molecule has 0 saturated heterocycles. The van der Waals surface area contributed by atoms with Crippen LogP contribution < -0.4 is 0 Å². The standard InChI is InChI=1S/C59H41N/c1-39-17-8-15-30-55(39)60-56(37-40-18-4-2-5-19-40)41-31-33-43(34-32-41)57-45-23-10-9-22-44(45)38-54-46-28-16-29-48(47(46)35-36-53(54)57)59-51-26-13-11-24-49(51)58(42-20-6-3-7-21-42)50-25-12-14-27-52(50)59/h2-36,38H,37H2,1H3/b60-56+. The van der Waals surface area contributed by atoms with Crippen LogP contribution in [0.1, 0.15) is 16.7 Å². The topological polar surface area (TPSA) is 12.4 Å². The molecule has 0 radical (unpaired) electrons. The normalized spacial score (nSPS) is 11.9. The van der Waals surface area contributed by atoms with Gasteiger partial charge < -0.3 is 0 Å². The summed E-state index contributed by atoms with van der Waals surface area (Å²) in [5.41, 5.74) is 13.1. The molecule has 60 heavy (non-hydrogen) atoms. The maximum atomic E-state index is 5.27. The number of benzene rings is 11. The highest BCUT2D eigenvalue weighted by molar-refractivity contribution is 6.26. The minimum atomic E-state index is 0.750. The summed E-state index contributed by atoms with van der Waals surface area (Å²) in [6.07, 6.45) is 0.750. The molecule has 0 fully saturated rings. The molecule has 0 aliphatic carbocycles. The quantitative estimate of drug-likeness (QED) is 0.0871. The molecule has 0 aliphatic heterocycles. The molecule has 0 heterocycles. The van der Waals surface area contributed by atoms with Gasteiger partial charge >= 0.3 is 0 Å². The van der Waals surface area contributed by atoms with E-state index in [0.717, 1.165) is 23.4 Å². The Morgan fingerprint density at radius 3 is 1.58 bits per heavy atom. The van der Waals surface area contributed by atoms with Gasteiger partial charge in [-0.05, 0) is 123 Å². The molecule has 1 nitrogen and oxygen atoms in total. The number of para-hydroxylation sites is 1. The molecule has 11 rings (SSSR count). The van der Waals surface area contributed by atoms with Gasteiger partial charge in [0.15, 0.2) is 0 Å². The van der Waals surface area contributed by atoms with E-state index in [-0.39, 0.29) is 0 Å². The third-order valence-corrected chi connectivity index (χ3v) is 12.3. The Balaban J connectivity index is 1.10. The molecule has 0 aliphatic rings. The zero-order chi connectivity index (χ0) is 40.0. The van der Waals surface area contributed by atoms with E-state index in [1.165, 1.54) is 98.4 Å². The summed E-state index contributed by atoms with van der Waals surface area (Å²) in [5, 5.41) is 12.6. The summed E-state index contributed by atoms with van der Waals surface area (Å²) < 4.78 is 0. The van der Waals surface area contributed by atoms with Crippen LogP contribution in [-0.4, -0.2) is 5.71 Å². The lowest BCUT2D eigenvalue weighted by Gasteiger charge is -2.20.